The molecule has 0 spiro atoms. The first-order valence-corrected chi connectivity index (χ1v) is 9.91. The number of hydrogen-bond donors (Lipinski definition) is 0. The van der Waals surface area contributed by atoms with Crippen molar-refractivity contribution in [3.63, 3.8) is 0 Å². The molecule has 0 heterocycles. The van der Waals surface area contributed by atoms with Gasteiger partial charge in [0.25, 0.3) is 0 Å². The summed E-state index contributed by atoms with van der Waals surface area (Å²) < 4.78 is 2.50. The van der Waals surface area contributed by atoms with Crippen molar-refractivity contribution in [1.82, 2.24) is 0 Å². The first-order valence-electron chi connectivity index (χ1n) is 6.78. The molecule has 0 radical (unpaired) electrons. The van der Waals surface area contributed by atoms with E-state index in [0.29, 0.717) is 0 Å². The van der Waals surface area contributed by atoms with Crippen LogP contribution in [0.15, 0.2) is 60.7 Å². The molecule has 0 bridgehead atoms. The second-order valence-corrected chi connectivity index (χ2v) is 10.4. The Kier molecular flexibility index (Phi) is 5.12. The Bertz CT molecular complexity index is 482. The fourth-order valence-corrected chi connectivity index (χ4v) is 6.85. The van der Waals surface area contributed by atoms with Gasteiger partial charge in [0.15, 0.2) is 0 Å². The van der Waals surface area contributed by atoms with Crippen LogP contribution in [0.2, 0.25) is 0 Å². The van der Waals surface area contributed by atoms with E-state index in [-0.39, 0.29) is 12.4 Å². The number of para-hydroxylation sites is 2. The first kappa shape index (κ1) is 15.4. The Hall–Kier alpha value is -0.980. The van der Waals surface area contributed by atoms with E-state index in [4.69, 9.17) is 0 Å². The first-order chi connectivity index (χ1) is 9.54. The van der Waals surface area contributed by atoms with Crippen LogP contribution in [-0.4, -0.2) is 11.4 Å². The van der Waals surface area contributed by atoms with Gasteiger partial charge in [0, 0.05) is 16.5 Å². The molecule has 2 aromatic rings. The topological polar surface area (TPSA) is 3.24 Å². The smallest absolute Gasteiger partial charge is 0.0623 e. The summed E-state index contributed by atoms with van der Waals surface area (Å²) in [6.45, 7) is 6.98. The summed E-state index contributed by atoms with van der Waals surface area (Å²) >= 11 is 1.97. The zero-order valence-corrected chi connectivity index (χ0v) is 14.3. The molecule has 0 N–H and O–H groups in total. The second-order valence-electron chi connectivity index (χ2n) is 5.61. The van der Waals surface area contributed by atoms with Crippen LogP contribution in [0.4, 0.5) is 11.4 Å². The average molecular weight is 303 g/mol. The third-order valence-electron chi connectivity index (χ3n) is 2.93. The third-order valence-corrected chi connectivity index (χ3v) is 8.42. The van der Waals surface area contributed by atoms with Crippen molar-refractivity contribution in [3.8, 4) is 0 Å². The molecule has 0 fully saturated rings. The van der Waals surface area contributed by atoms with Gasteiger partial charge in [-0.25, -0.2) is 0 Å². The van der Waals surface area contributed by atoms with Crippen molar-refractivity contribution in [2.45, 2.75) is 25.9 Å². The fraction of sp³-hybridized carbons (Fsp3) is 0.294. The lowest BCUT2D eigenvalue weighted by Crippen LogP contribution is -2.21. The average Bonchev–Trinajstić information content (AvgIpc) is 2.45. The van der Waals surface area contributed by atoms with E-state index in [1.807, 2.05) is 11.4 Å². The highest BCUT2D eigenvalue weighted by Crippen LogP contribution is 2.65. The quantitative estimate of drug-likeness (QED) is 0.610. The summed E-state index contributed by atoms with van der Waals surface area (Å²) in [5.74, 6) is 0. The molecular weight excluding hydrogens is 281 g/mol. The SMILES string of the molecule is CSP(N(c1ccccc1)c1ccccc1)C(C)(C)C. The molecule has 106 valence electrons. The van der Waals surface area contributed by atoms with E-state index in [1.54, 1.807) is 0 Å². The van der Waals surface area contributed by atoms with Crippen molar-refractivity contribution in [3.05, 3.63) is 60.7 Å². The van der Waals surface area contributed by atoms with Crippen LogP contribution in [0.1, 0.15) is 20.8 Å². The Morgan fingerprint density at radius 2 is 1.20 bits per heavy atom. The molecule has 0 aromatic heterocycles. The lowest BCUT2D eigenvalue weighted by molar-refractivity contribution is 0.790. The van der Waals surface area contributed by atoms with Crippen LogP contribution in [-0.2, 0) is 0 Å². The summed E-state index contributed by atoms with van der Waals surface area (Å²) in [4.78, 5) is 0. The maximum absolute atomic E-state index is 2.50. The van der Waals surface area contributed by atoms with Crippen LogP contribution in [0.25, 0.3) is 0 Å². The zero-order valence-electron chi connectivity index (χ0n) is 12.6. The summed E-state index contributed by atoms with van der Waals surface area (Å²) in [6, 6.07) is 21.4. The number of anilines is 2. The maximum Gasteiger partial charge on any atom is 0.0623 e. The van der Waals surface area contributed by atoms with Crippen LogP contribution >= 0.6 is 18.7 Å². The molecule has 0 saturated heterocycles. The summed E-state index contributed by atoms with van der Waals surface area (Å²) in [7, 11) is -0.365. The van der Waals surface area contributed by atoms with Crippen LogP contribution in [0, 0.1) is 0 Å². The highest BCUT2D eigenvalue weighted by Gasteiger charge is 2.31. The van der Waals surface area contributed by atoms with Crippen molar-refractivity contribution in [2.75, 3.05) is 10.9 Å². The van der Waals surface area contributed by atoms with Crippen LogP contribution in [0.5, 0.6) is 0 Å². The van der Waals surface area contributed by atoms with Gasteiger partial charge in [0.05, 0.1) is 7.27 Å². The minimum atomic E-state index is -0.365. The van der Waals surface area contributed by atoms with Gasteiger partial charge in [-0.3, -0.25) is 0 Å². The number of hydrogen-bond acceptors (Lipinski definition) is 2. The highest BCUT2D eigenvalue weighted by atomic mass is 32.7. The molecule has 0 saturated carbocycles. The highest BCUT2D eigenvalue weighted by molar-refractivity contribution is 8.56. The van der Waals surface area contributed by atoms with Gasteiger partial charge < -0.3 is 4.67 Å². The lowest BCUT2D eigenvalue weighted by atomic mass is 10.2. The predicted molar refractivity (Wildman–Crippen MR) is 95.2 cm³/mol. The maximum atomic E-state index is 2.50. The van der Waals surface area contributed by atoms with Crippen LogP contribution < -0.4 is 4.67 Å². The molecule has 0 aliphatic rings. The largest absolute Gasteiger partial charge is 0.310 e. The normalized spacial score (nSPS) is 13.0. The van der Waals surface area contributed by atoms with E-state index < -0.39 is 0 Å². The molecule has 20 heavy (non-hydrogen) atoms. The van der Waals surface area contributed by atoms with Crippen molar-refractivity contribution in [2.24, 2.45) is 0 Å². The third kappa shape index (κ3) is 3.56. The van der Waals surface area contributed by atoms with E-state index in [0.717, 1.165) is 0 Å². The van der Waals surface area contributed by atoms with Gasteiger partial charge in [-0.2, -0.15) is 0 Å². The molecule has 0 amide bonds. The monoisotopic (exact) mass is 303 g/mol. The molecule has 1 atom stereocenters. The van der Waals surface area contributed by atoms with E-state index in [1.165, 1.54) is 11.4 Å². The Labute approximate surface area is 128 Å². The van der Waals surface area contributed by atoms with Gasteiger partial charge in [0.2, 0.25) is 0 Å². The number of nitrogens with zero attached hydrogens (tertiary/aromatic N) is 1. The summed E-state index contributed by atoms with van der Waals surface area (Å²) in [6.07, 6.45) is 2.22. The predicted octanol–water partition coefficient (Wildman–Crippen LogP) is 6.30. The number of benzene rings is 2. The Balaban J connectivity index is 2.50. The molecular formula is C17H22NPS. The van der Waals surface area contributed by atoms with Crippen molar-refractivity contribution >= 4 is 30.0 Å². The second kappa shape index (κ2) is 6.65. The standard InChI is InChI=1S/C17H22NPS/c1-17(2,3)19(20-4)18(15-11-7-5-8-12-15)16-13-9-6-10-14-16/h5-14H,1-4H3. The molecule has 0 aliphatic heterocycles. The van der Waals surface area contributed by atoms with Gasteiger partial charge >= 0.3 is 0 Å². The molecule has 1 nitrogen and oxygen atoms in total. The van der Waals surface area contributed by atoms with Gasteiger partial charge in [-0.15, -0.1) is 11.4 Å². The lowest BCUT2D eigenvalue weighted by Gasteiger charge is -2.40. The molecule has 3 heteroatoms. The van der Waals surface area contributed by atoms with Crippen LogP contribution in [0.3, 0.4) is 0 Å². The summed E-state index contributed by atoms with van der Waals surface area (Å²) in [5.41, 5.74) is 2.54. The van der Waals surface area contributed by atoms with Gasteiger partial charge in [-0.05, 0) is 30.5 Å². The molecule has 2 rings (SSSR count). The van der Waals surface area contributed by atoms with Crippen molar-refractivity contribution in [1.29, 1.82) is 0 Å². The minimum Gasteiger partial charge on any atom is -0.310 e. The number of rotatable bonds is 4. The van der Waals surface area contributed by atoms with Crippen molar-refractivity contribution < 1.29 is 0 Å². The fourth-order valence-electron chi connectivity index (χ4n) is 2.15. The summed E-state index contributed by atoms with van der Waals surface area (Å²) in [5, 5.41) is 0.250. The van der Waals surface area contributed by atoms with E-state index >= 15 is 0 Å². The van der Waals surface area contributed by atoms with Gasteiger partial charge in [-0.1, -0.05) is 57.2 Å². The van der Waals surface area contributed by atoms with Gasteiger partial charge in [0.1, 0.15) is 0 Å². The Morgan fingerprint density at radius 3 is 1.50 bits per heavy atom. The minimum absolute atomic E-state index is 0.250. The molecule has 2 aromatic carbocycles. The van der Waals surface area contributed by atoms with E-state index in [9.17, 15) is 0 Å². The zero-order chi connectivity index (χ0) is 14.6. The molecule has 1 unspecified atom stereocenters. The molecule has 0 aliphatic carbocycles. The van der Waals surface area contributed by atoms with E-state index in [2.05, 4.69) is 92.4 Å². The Morgan fingerprint density at radius 1 is 0.800 bits per heavy atom.